The summed E-state index contributed by atoms with van der Waals surface area (Å²) in [4.78, 5) is 35.7. The molecule has 0 saturated heterocycles. The number of nitrogens with zero attached hydrogens (tertiary/aromatic N) is 4. The van der Waals surface area contributed by atoms with E-state index in [0.717, 1.165) is 5.56 Å². The molecule has 0 bridgehead atoms. The average molecular weight is 419 g/mol. The van der Waals surface area contributed by atoms with Gasteiger partial charge < -0.3 is 20.3 Å². The number of halogens is 3. The number of aliphatic carboxylic acids is 2. The molecule has 1 amide bonds. The van der Waals surface area contributed by atoms with Crippen molar-refractivity contribution in [2.45, 2.75) is 31.1 Å². The summed E-state index contributed by atoms with van der Waals surface area (Å²) in [5, 5.41) is 24.4. The summed E-state index contributed by atoms with van der Waals surface area (Å²) in [5.41, 5.74) is 1.32. The summed E-state index contributed by atoms with van der Waals surface area (Å²) in [6, 6.07) is 1.76. The van der Waals surface area contributed by atoms with Crippen LogP contribution in [-0.2, 0) is 20.9 Å². The largest absolute Gasteiger partial charge is 0.542 e. The van der Waals surface area contributed by atoms with Crippen molar-refractivity contribution < 1.29 is 42.4 Å². The van der Waals surface area contributed by atoms with E-state index in [1.165, 1.54) is 16.2 Å². The molecule has 3 rings (SSSR count). The van der Waals surface area contributed by atoms with Gasteiger partial charge in [0.2, 0.25) is 0 Å². The predicted octanol–water partition coefficient (Wildman–Crippen LogP) is -1.08. The molecule has 1 saturated carbocycles. The van der Waals surface area contributed by atoms with E-state index in [4.69, 9.17) is 15.0 Å². The van der Waals surface area contributed by atoms with E-state index in [2.05, 4.69) is 19.8 Å². The van der Waals surface area contributed by atoms with Gasteiger partial charge in [0.1, 0.15) is 23.2 Å². The molecule has 1 aliphatic rings. The predicted molar refractivity (Wildman–Crippen MR) is 82.1 cm³/mol. The molecule has 0 aliphatic heterocycles. The van der Waals surface area contributed by atoms with Crippen molar-refractivity contribution in [3.63, 3.8) is 0 Å². The standard InChI is InChI=1S/C12H11N5O3S.C2HF3O2/c18-9(15-12(2-3-12)11(19)20)6-17-4-1-8(5-14-17)10-13-7-21-16-10;3-2(4,5)1(6)7/h1,4-5,7H,2-3,6H2,(H-,15,18,19,20);(H,6,7). The van der Waals surface area contributed by atoms with Gasteiger partial charge in [-0.3, -0.25) is 4.79 Å². The number of hydrogen-bond acceptors (Lipinski definition) is 8. The summed E-state index contributed by atoms with van der Waals surface area (Å²) in [5.74, 6) is -3.77. The maximum absolute atomic E-state index is 11.8. The van der Waals surface area contributed by atoms with Gasteiger partial charge >= 0.3 is 12.1 Å². The van der Waals surface area contributed by atoms with Gasteiger partial charge in [-0.25, -0.2) is 9.78 Å². The Hall–Kier alpha value is -3.16. The SMILES string of the molecule is O=C(C[n+]1ccc(-c2ncsn2)cn1)NC1(C(=O)O)CC1.O=C([O-])C(F)(F)F. The Bertz CT molecular complexity index is 853. The Morgan fingerprint density at radius 2 is 2.00 bits per heavy atom. The molecule has 2 N–H and O–H groups in total. The second-order valence-electron chi connectivity index (χ2n) is 5.59. The number of carbonyl (C=O) groups is 3. The lowest BCUT2D eigenvalue weighted by molar-refractivity contribution is -0.742. The highest BCUT2D eigenvalue weighted by Gasteiger charge is 2.52. The zero-order chi connectivity index (χ0) is 20.9. The minimum atomic E-state index is -5.19. The van der Waals surface area contributed by atoms with Gasteiger partial charge in [0.15, 0.2) is 12.0 Å². The summed E-state index contributed by atoms with van der Waals surface area (Å²) in [6.45, 7) is -0.0280. The Morgan fingerprint density at radius 1 is 1.36 bits per heavy atom. The summed E-state index contributed by atoms with van der Waals surface area (Å²) in [7, 11) is 0. The molecule has 1 aliphatic carbocycles. The van der Waals surface area contributed by atoms with Crippen LogP contribution in [0.4, 0.5) is 13.2 Å². The van der Waals surface area contributed by atoms with E-state index < -0.39 is 23.7 Å². The average Bonchev–Trinajstić information content (AvgIpc) is 3.18. The quantitative estimate of drug-likeness (QED) is 0.581. The van der Waals surface area contributed by atoms with Crippen LogP contribution in [-0.4, -0.2) is 49.1 Å². The van der Waals surface area contributed by atoms with Gasteiger partial charge in [0.05, 0.1) is 5.56 Å². The number of carbonyl (C=O) groups excluding carboxylic acids is 2. The van der Waals surface area contributed by atoms with E-state index in [-0.39, 0.29) is 12.5 Å². The lowest BCUT2D eigenvalue weighted by Crippen LogP contribution is -2.50. The highest BCUT2D eigenvalue weighted by molar-refractivity contribution is 7.03. The van der Waals surface area contributed by atoms with Crippen LogP contribution in [0.2, 0.25) is 0 Å². The van der Waals surface area contributed by atoms with Crippen LogP contribution >= 0.6 is 11.5 Å². The highest BCUT2D eigenvalue weighted by Crippen LogP contribution is 2.35. The molecule has 1 fully saturated rings. The minimum absolute atomic E-state index is 0.0280. The molecule has 0 radical (unpaired) electrons. The van der Waals surface area contributed by atoms with E-state index in [0.29, 0.717) is 18.7 Å². The third-order valence-electron chi connectivity index (χ3n) is 3.47. The van der Waals surface area contributed by atoms with Crippen molar-refractivity contribution in [1.29, 1.82) is 0 Å². The Morgan fingerprint density at radius 3 is 2.39 bits per heavy atom. The van der Waals surface area contributed by atoms with Crippen LogP contribution in [0, 0.1) is 0 Å². The lowest BCUT2D eigenvalue weighted by atomic mass is 10.2. The first-order valence-electron chi connectivity index (χ1n) is 7.48. The van der Waals surface area contributed by atoms with Gasteiger partial charge in [-0.15, -0.1) is 0 Å². The number of amides is 1. The minimum Gasteiger partial charge on any atom is -0.542 e. The van der Waals surface area contributed by atoms with Gasteiger partial charge in [0.25, 0.3) is 12.5 Å². The molecule has 0 spiro atoms. The maximum atomic E-state index is 11.8. The highest BCUT2D eigenvalue weighted by atomic mass is 32.1. The van der Waals surface area contributed by atoms with Gasteiger partial charge in [-0.05, 0) is 29.5 Å². The normalized spacial score (nSPS) is 14.4. The fraction of sp³-hybridized carbons (Fsp3) is 0.357. The zero-order valence-electron chi connectivity index (χ0n) is 13.8. The van der Waals surface area contributed by atoms with E-state index in [1.807, 2.05) is 0 Å². The fourth-order valence-corrected chi connectivity index (χ4v) is 2.33. The number of aromatic nitrogens is 4. The third kappa shape index (κ3) is 5.67. The van der Waals surface area contributed by atoms with Crippen LogP contribution in [0.5, 0.6) is 0 Å². The second-order valence-corrected chi connectivity index (χ2v) is 6.19. The molecule has 0 unspecified atom stereocenters. The maximum Gasteiger partial charge on any atom is 0.430 e. The van der Waals surface area contributed by atoms with Crippen LogP contribution in [0.3, 0.4) is 0 Å². The first kappa shape index (κ1) is 21.1. The van der Waals surface area contributed by atoms with E-state index in [1.54, 1.807) is 24.0 Å². The number of carboxylic acid groups (broad SMARTS) is 2. The number of carboxylic acids is 2. The van der Waals surface area contributed by atoms with Crippen LogP contribution in [0.25, 0.3) is 11.4 Å². The van der Waals surface area contributed by atoms with Crippen LogP contribution in [0.1, 0.15) is 12.8 Å². The van der Waals surface area contributed by atoms with Gasteiger partial charge in [-0.2, -0.15) is 17.5 Å². The monoisotopic (exact) mass is 419 g/mol. The molecular weight excluding hydrogens is 407 g/mol. The molecule has 2 heterocycles. The summed E-state index contributed by atoms with van der Waals surface area (Å²) >= 11 is 1.25. The molecule has 0 aromatic carbocycles. The third-order valence-corrected chi connectivity index (χ3v) is 3.94. The first-order valence-corrected chi connectivity index (χ1v) is 8.32. The number of hydrogen-bond donors (Lipinski definition) is 2. The smallest absolute Gasteiger partial charge is 0.430 e. The van der Waals surface area contributed by atoms with Crippen molar-refractivity contribution in [2.75, 3.05) is 0 Å². The summed E-state index contributed by atoms with van der Waals surface area (Å²) < 4.78 is 37.1. The molecule has 28 heavy (non-hydrogen) atoms. The topological polar surface area (TPSA) is 149 Å². The molecule has 2 aromatic rings. The zero-order valence-corrected chi connectivity index (χ0v) is 14.7. The van der Waals surface area contributed by atoms with E-state index in [9.17, 15) is 22.8 Å². The molecule has 150 valence electrons. The molecule has 2 aromatic heterocycles. The van der Waals surface area contributed by atoms with Crippen molar-refractivity contribution >= 4 is 29.4 Å². The summed E-state index contributed by atoms with van der Waals surface area (Å²) in [6.07, 6.45) is -1.04. The van der Waals surface area contributed by atoms with E-state index >= 15 is 0 Å². The fourth-order valence-electron chi connectivity index (χ4n) is 1.88. The van der Waals surface area contributed by atoms with Crippen molar-refractivity contribution in [2.24, 2.45) is 0 Å². The second kappa shape index (κ2) is 8.24. The Balaban J connectivity index is 0.000000345. The van der Waals surface area contributed by atoms with Crippen LogP contribution < -0.4 is 15.1 Å². The Kier molecular flexibility index (Phi) is 6.23. The van der Waals surface area contributed by atoms with Crippen molar-refractivity contribution in [3.05, 3.63) is 24.0 Å². The molecular formula is C14H12F3N5O5S. The van der Waals surface area contributed by atoms with Crippen molar-refractivity contribution in [3.8, 4) is 11.4 Å². The first-order chi connectivity index (χ1) is 13.0. The molecule has 0 atom stereocenters. The van der Waals surface area contributed by atoms with Crippen LogP contribution in [0.15, 0.2) is 24.0 Å². The Labute approximate surface area is 158 Å². The van der Waals surface area contributed by atoms with Gasteiger partial charge in [-0.1, -0.05) is 4.68 Å². The number of rotatable bonds is 5. The number of alkyl halides is 3. The molecule has 10 nitrogen and oxygen atoms in total. The lowest BCUT2D eigenvalue weighted by Gasteiger charge is -2.09. The molecule has 14 heteroatoms. The van der Waals surface area contributed by atoms with Gasteiger partial charge in [0, 0.05) is 6.07 Å². The number of nitrogens with one attached hydrogen (secondary N) is 1. The van der Waals surface area contributed by atoms with Crippen molar-refractivity contribution in [1.82, 2.24) is 19.8 Å².